The average Bonchev–Trinajstić information content (AvgIpc) is 2.21. The Morgan fingerprint density at radius 1 is 1.57 bits per heavy atom. The van der Waals surface area contributed by atoms with Crippen molar-refractivity contribution in [2.24, 2.45) is 0 Å². The minimum Gasteiger partial charge on any atom is -0.383 e. The summed E-state index contributed by atoms with van der Waals surface area (Å²) in [6.07, 6.45) is 2.11. The summed E-state index contributed by atoms with van der Waals surface area (Å²) in [6.45, 7) is 1.39. The Balaban J connectivity index is 2.43. The van der Waals surface area contributed by atoms with Crippen molar-refractivity contribution in [3.63, 3.8) is 0 Å². The van der Waals surface area contributed by atoms with Gasteiger partial charge in [-0.15, -0.1) is 0 Å². The van der Waals surface area contributed by atoms with Crippen molar-refractivity contribution in [3.05, 3.63) is 23.9 Å². The molecule has 0 atom stereocenters. The van der Waals surface area contributed by atoms with Crippen molar-refractivity contribution < 1.29 is 4.74 Å². The van der Waals surface area contributed by atoms with E-state index in [4.69, 9.17) is 10.00 Å². The van der Waals surface area contributed by atoms with Crippen molar-refractivity contribution in [1.82, 2.24) is 4.98 Å². The summed E-state index contributed by atoms with van der Waals surface area (Å²) in [4.78, 5) is 4.15. The van der Waals surface area contributed by atoms with Gasteiger partial charge in [-0.3, -0.25) is 0 Å². The predicted octanol–water partition coefficient (Wildman–Crippen LogP) is 1.21. The molecular formula is C10H13N3O. The third-order valence-electron chi connectivity index (χ3n) is 1.72. The third kappa shape index (κ3) is 3.42. The summed E-state index contributed by atoms with van der Waals surface area (Å²) < 4.78 is 4.89. The van der Waals surface area contributed by atoms with Crippen LogP contribution in [0.2, 0.25) is 0 Å². The molecule has 0 aliphatic rings. The molecule has 0 amide bonds. The molecule has 0 unspecified atom stereocenters. The number of hydrogen-bond donors (Lipinski definition) is 1. The van der Waals surface area contributed by atoms with E-state index in [1.165, 1.54) is 0 Å². The van der Waals surface area contributed by atoms with Gasteiger partial charge in [0.1, 0.15) is 5.82 Å². The third-order valence-corrected chi connectivity index (χ3v) is 1.72. The number of anilines is 1. The molecule has 0 aromatic carbocycles. The molecule has 0 aliphatic carbocycles. The number of pyridine rings is 1. The summed E-state index contributed by atoms with van der Waals surface area (Å²) in [7, 11) is 1.66. The fourth-order valence-electron chi connectivity index (χ4n) is 1.01. The Hall–Kier alpha value is -1.60. The largest absolute Gasteiger partial charge is 0.383 e. The molecule has 4 nitrogen and oxygen atoms in total. The topological polar surface area (TPSA) is 57.9 Å². The van der Waals surface area contributed by atoms with Gasteiger partial charge in [0.25, 0.3) is 0 Å². The van der Waals surface area contributed by atoms with Crippen LogP contribution < -0.4 is 5.32 Å². The lowest BCUT2D eigenvalue weighted by Gasteiger charge is -2.04. The normalized spacial score (nSPS) is 9.43. The molecule has 0 bridgehead atoms. The van der Waals surface area contributed by atoms with E-state index in [1.807, 2.05) is 12.1 Å². The number of aromatic nitrogens is 1. The summed E-state index contributed by atoms with van der Waals surface area (Å²) in [5.74, 6) is 0.809. The van der Waals surface area contributed by atoms with E-state index in [2.05, 4.69) is 16.4 Å². The molecule has 0 radical (unpaired) electrons. The molecule has 0 spiro atoms. The second-order valence-corrected chi connectivity index (χ2v) is 2.81. The smallest absolute Gasteiger partial charge is 0.125 e. The fourth-order valence-corrected chi connectivity index (χ4v) is 1.01. The summed E-state index contributed by atoms with van der Waals surface area (Å²) in [5.41, 5.74) is 0.935. The Bertz CT molecular complexity index is 302. The molecule has 0 aliphatic heterocycles. The minimum absolute atomic E-state index is 0.408. The first kappa shape index (κ1) is 10.5. The number of nitrogens with one attached hydrogen (secondary N) is 1. The van der Waals surface area contributed by atoms with Gasteiger partial charge in [-0.05, 0) is 11.6 Å². The maximum absolute atomic E-state index is 8.45. The molecule has 1 heterocycles. The molecule has 1 rings (SSSR count). The number of methoxy groups -OCH3 is 1. The zero-order valence-corrected chi connectivity index (χ0v) is 8.16. The minimum atomic E-state index is 0.408. The molecule has 1 N–H and O–H groups in total. The van der Waals surface area contributed by atoms with Crippen molar-refractivity contribution in [2.45, 2.75) is 6.42 Å². The first-order valence-corrected chi connectivity index (χ1v) is 4.41. The summed E-state index contributed by atoms with van der Waals surface area (Å²) in [6, 6.07) is 5.83. The van der Waals surface area contributed by atoms with Crippen LogP contribution in [0.25, 0.3) is 0 Å². The maximum Gasteiger partial charge on any atom is 0.125 e. The van der Waals surface area contributed by atoms with E-state index < -0.39 is 0 Å². The molecule has 14 heavy (non-hydrogen) atoms. The highest BCUT2D eigenvalue weighted by atomic mass is 16.5. The Morgan fingerprint density at radius 3 is 3.00 bits per heavy atom. The number of nitrogens with zero attached hydrogens (tertiary/aromatic N) is 2. The lowest BCUT2D eigenvalue weighted by molar-refractivity contribution is 0.210. The predicted molar refractivity (Wildman–Crippen MR) is 53.9 cm³/mol. The van der Waals surface area contributed by atoms with Crippen LogP contribution in [0, 0.1) is 11.3 Å². The Kier molecular flexibility index (Phi) is 4.45. The van der Waals surface area contributed by atoms with Gasteiger partial charge in [0.15, 0.2) is 0 Å². The lowest BCUT2D eigenvalue weighted by Crippen LogP contribution is -2.08. The molecule has 1 aromatic heterocycles. The number of nitriles is 1. The quantitative estimate of drug-likeness (QED) is 0.710. The van der Waals surface area contributed by atoms with Crippen molar-refractivity contribution in [2.75, 3.05) is 25.6 Å². The highest BCUT2D eigenvalue weighted by Crippen LogP contribution is 2.04. The second-order valence-electron chi connectivity index (χ2n) is 2.81. The molecule has 74 valence electrons. The summed E-state index contributed by atoms with van der Waals surface area (Å²) >= 11 is 0. The zero-order valence-electron chi connectivity index (χ0n) is 8.16. The van der Waals surface area contributed by atoms with Gasteiger partial charge in [-0.1, -0.05) is 6.07 Å². The van der Waals surface area contributed by atoms with E-state index in [-0.39, 0.29) is 0 Å². The van der Waals surface area contributed by atoms with Crippen LogP contribution in [-0.2, 0) is 11.2 Å². The van der Waals surface area contributed by atoms with E-state index in [0.29, 0.717) is 13.0 Å². The van der Waals surface area contributed by atoms with Gasteiger partial charge in [0.05, 0.1) is 19.1 Å². The first-order valence-electron chi connectivity index (χ1n) is 4.41. The lowest BCUT2D eigenvalue weighted by atomic mass is 10.2. The number of hydrogen-bond acceptors (Lipinski definition) is 4. The van der Waals surface area contributed by atoms with Crippen LogP contribution in [0.5, 0.6) is 0 Å². The van der Waals surface area contributed by atoms with Gasteiger partial charge in [0, 0.05) is 19.9 Å². The van der Waals surface area contributed by atoms with Gasteiger partial charge in [0.2, 0.25) is 0 Å². The van der Waals surface area contributed by atoms with Gasteiger partial charge in [-0.2, -0.15) is 5.26 Å². The number of rotatable bonds is 5. The van der Waals surface area contributed by atoms with Crippen molar-refractivity contribution >= 4 is 5.82 Å². The first-order chi connectivity index (χ1) is 6.86. The van der Waals surface area contributed by atoms with Crippen molar-refractivity contribution in [1.29, 1.82) is 5.26 Å². The molecule has 1 aromatic rings. The van der Waals surface area contributed by atoms with Crippen LogP contribution in [-0.4, -0.2) is 25.2 Å². The monoisotopic (exact) mass is 191 g/mol. The maximum atomic E-state index is 8.45. The molecule has 0 saturated carbocycles. The van der Waals surface area contributed by atoms with E-state index in [9.17, 15) is 0 Å². The fraction of sp³-hybridized carbons (Fsp3) is 0.400. The Morgan fingerprint density at radius 2 is 2.43 bits per heavy atom. The highest BCUT2D eigenvalue weighted by molar-refractivity contribution is 5.35. The van der Waals surface area contributed by atoms with E-state index >= 15 is 0 Å². The van der Waals surface area contributed by atoms with Crippen LogP contribution in [0.15, 0.2) is 18.3 Å². The Labute approximate surface area is 83.5 Å². The van der Waals surface area contributed by atoms with Crippen molar-refractivity contribution in [3.8, 4) is 6.07 Å². The van der Waals surface area contributed by atoms with Crippen LogP contribution in [0.4, 0.5) is 5.82 Å². The highest BCUT2D eigenvalue weighted by Gasteiger charge is 1.94. The molecular weight excluding hydrogens is 178 g/mol. The van der Waals surface area contributed by atoms with Gasteiger partial charge >= 0.3 is 0 Å². The molecule has 0 saturated heterocycles. The number of ether oxygens (including phenoxy) is 1. The molecule has 0 fully saturated rings. The van der Waals surface area contributed by atoms with Gasteiger partial charge < -0.3 is 10.1 Å². The molecule has 4 heteroatoms. The zero-order chi connectivity index (χ0) is 10.2. The van der Waals surface area contributed by atoms with Gasteiger partial charge in [-0.25, -0.2) is 4.98 Å². The summed E-state index contributed by atoms with van der Waals surface area (Å²) in [5, 5.41) is 11.5. The van der Waals surface area contributed by atoms with Crippen LogP contribution in [0.3, 0.4) is 0 Å². The second kappa shape index (κ2) is 5.95. The SMILES string of the molecule is COCCNc1ccc(CC#N)cn1. The average molecular weight is 191 g/mol. The van der Waals surface area contributed by atoms with E-state index in [0.717, 1.165) is 17.9 Å². The van der Waals surface area contributed by atoms with Crippen LogP contribution >= 0.6 is 0 Å². The standard InChI is InChI=1S/C10H13N3O/c1-14-7-6-12-10-3-2-9(4-5-11)8-13-10/h2-3,8H,4,6-7H2,1H3,(H,12,13). The van der Waals surface area contributed by atoms with E-state index in [1.54, 1.807) is 13.3 Å². The van der Waals surface area contributed by atoms with Crippen LogP contribution in [0.1, 0.15) is 5.56 Å².